The second-order valence-electron chi connectivity index (χ2n) is 8.32. The maximum absolute atomic E-state index is 12.4. The average Bonchev–Trinajstić information content (AvgIpc) is 3.15. The molecule has 1 amide bonds. The van der Waals surface area contributed by atoms with Gasteiger partial charge in [-0.2, -0.15) is 4.98 Å². The Morgan fingerprint density at radius 3 is 2.77 bits per heavy atom. The van der Waals surface area contributed by atoms with Crippen molar-refractivity contribution in [1.29, 1.82) is 0 Å². The number of pyridine rings is 1. The molecule has 2 N–H and O–H groups in total. The van der Waals surface area contributed by atoms with Crippen LogP contribution in [0.4, 0.5) is 5.95 Å². The zero-order valence-electron chi connectivity index (χ0n) is 17.2. The van der Waals surface area contributed by atoms with E-state index in [1.807, 2.05) is 36.1 Å². The molecular formula is C22H27N7O. The Hall–Kier alpha value is -3.00. The number of carbonyl (C=O) groups excluding carboxylic acids is 1. The number of fused-ring (bicyclic) bond motifs is 3. The molecule has 4 heterocycles. The normalized spacial score (nSPS) is 21.6. The summed E-state index contributed by atoms with van der Waals surface area (Å²) in [6.45, 7) is 2.34. The fourth-order valence-corrected chi connectivity index (χ4v) is 4.45. The van der Waals surface area contributed by atoms with E-state index in [4.69, 9.17) is 4.98 Å². The number of hydrogen-bond acceptors (Lipinski definition) is 6. The first-order chi connectivity index (χ1) is 14.7. The highest BCUT2D eigenvalue weighted by atomic mass is 16.2. The van der Waals surface area contributed by atoms with E-state index in [9.17, 15) is 4.79 Å². The molecule has 0 unspecified atom stereocenters. The Morgan fingerprint density at radius 2 is 1.97 bits per heavy atom. The van der Waals surface area contributed by atoms with Crippen LogP contribution < -0.4 is 10.6 Å². The van der Waals surface area contributed by atoms with Gasteiger partial charge in [0.05, 0.1) is 0 Å². The molecule has 2 aliphatic rings. The number of hydrogen-bond donors (Lipinski definition) is 2. The van der Waals surface area contributed by atoms with E-state index >= 15 is 0 Å². The topological polar surface area (TPSA) is 88.0 Å². The third-order valence-electron chi connectivity index (χ3n) is 6.24. The van der Waals surface area contributed by atoms with Gasteiger partial charge in [0.25, 0.3) is 5.91 Å². The number of amides is 1. The van der Waals surface area contributed by atoms with Crippen LogP contribution in [0.15, 0.2) is 36.8 Å². The Morgan fingerprint density at radius 1 is 1.13 bits per heavy atom. The average molecular weight is 406 g/mol. The van der Waals surface area contributed by atoms with Crippen LogP contribution in [0.2, 0.25) is 0 Å². The molecule has 0 bridgehead atoms. The summed E-state index contributed by atoms with van der Waals surface area (Å²) in [5, 5.41) is 8.08. The van der Waals surface area contributed by atoms with E-state index in [1.54, 1.807) is 11.1 Å². The van der Waals surface area contributed by atoms with Crippen LogP contribution in [-0.4, -0.2) is 56.0 Å². The molecule has 0 radical (unpaired) electrons. The highest BCUT2D eigenvalue weighted by Crippen LogP contribution is 2.25. The summed E-state index contributed by atoms with van der Waals surface area (Å²) in [6.07, 6.45) is 9.97. The van der Waals surface area contributed by atoms with Crippen LogP contribution in [0.5, 0.6) is 0 Å². The largest absolute Gasteiger partial charge is 0.351 e. The number of nitrogens with zero attached hydrogens (tertiary/aromatic N) is 5. The summed E-state index contributed by atoms with van der Waals surface area (Å²) in [4.78, 5) is 27.6. The van der Waals surface area contributed by atoms with Gasteiger partial charge in [0.15, 0.2) is 0 Å². The van der Waals surface area contributed by atoms with Crippen molar-refractivity contribution in [2.45, 2.75) is 50.9 Å². The minimum atomic E-state index is 0.0471. The molecule has 0 spiro atoms. The minimum absolute atomic E-state index is 0.0471. The molecule has 3 aromatic rings. The number of nitrogens with one attached hydrogen (secondary N) is 2. The van der Waals surface area contributed by atoms with Crippen LogP contribution in [-0.2, 0) is 13.1 Å². The van der Waals surface area contributed by atoms with Crippen molar-refractivity contribution in [2.24, 2.45) is 0 Å². The standard InChI is InChI=1S/C22H27N7O/c1-28-9-10-29-19(21(28)30)11-16-14-25-22(27-20(16)29)26-18-6-4-17(5-7-18)24-13-15-3-2-8-23-12-15/h2-3,8,11-12,14,17-18,24H,4-7,9-10,13H2,1H3,(H,25,26,27). The minimum Gasteiger partial charge on any atom is -0.351 e. The molecule has 0 atom stereocenters. The molecule has 3 aromatic heterocycles. The van der Waals surface area contributed by atoms with Crippen molar-refractivity contribution in [1.82, 2.24) is 29.7 Å². The molecule has 5 rings (SSSR count). The highest BCUT2D eigenvalue weighted by molar-refractivity contribution is 5.98. The van der Waals surface area contributed by atoms with E-state index in [1.165, 1.54) is 5.56 Å². The van der Waals surface area contributed by atoms with E-state index in [0.717, 1.165) is 49.8 Å². The first-order valence-corrected chi connectivity index (χ1v) is 10.7. The van der Waals surface area contributed by atoms with Crippen molar-refractivity contribution in [3.05, 3.63) is 48.0 Å². The lowest BCUT2D eigenvalue weighted by Gasteiger charge is -2.29. The SMILES string of the molecule is CN1CCn2c(cc3cnc(NC4CCC(NCc5cccnc5)CC4)nc32)C1=O. The van der Waals surface area contributed by atoms with E-state index in [0.29, 0.717) is 30.3 Å². The first-order valence-electron chi connectivity index (χ1n) is 10.7. The molecular weight excluding hydrogens is 378 g/mol. The maximum atomic E-state index is 12.4. The summed E-state index contributed by atoms with van der Waals surface area (Å²) in [5.74, 6) is 0.701. The van der Waals surface area contributed by atoms with Gasteiger partial charge in [0.2, 0.25) is 5.95 Å². The maximum Gasteiger partial charge on any atom is 0.270 e. The first kappa shape index (κ1) is 19.0. The van der Waals surface area contributed by atoms with Crippen LogP contribution in [0.1, 0.15) is 41.7 Å². The van der Waals surface area contributed by atoms with Gasteiger partial charge in [-0.25, -0.2) is 4.98 Å². The third kappa shape index (κ3) is 3.75. The van der Waals surface area contributed by atoms with Crippen LogP contribution >= 0.6 is 0 Å². The van der Waals surface area contributed by atoms with Crippen LogP contribution in [0, 0.1) is 0 Å². The third-order valence-corrected chi connectivity index (χ3v) is 6.24. The van der Waals surface area contributed by atoms with Gasteiger partial charge in [-0.3, -0.25) is 9.78 Å². The van der Waals surface area contributed by atoms with E-state index in [2.05, 4.69) is 26.7 Å². The summed E-state index contributed by atoms with van der Waals surface area (Å²) in [5.41, 5.74) is 2.76. The zero-order chi connectivity index (χ0) is 20.5. The van der Waals surface area contributed by atoms with Crippen molar-refractivity contribution >= 4 is 22.9 Å². The summed E-state index contributed by atoms with van der Waals surface area (Å²) in [6, 6.07) is 6.89. The molecule has 156 valence electrons. The second-order valence-corrected chi connectivity index (χ2v) is 8.32. The molecule has 0 aromatic carbocycles. The molecule has 1 aliphatic heterocycles. The van der Waals surface area contributed by atoms with Gasteiger partial charge >= 0.3 is 0 Å². The monoisotopic (exact) mass is 405 g/mol. The Kier molecular flexibility index (Phi) is 5.08. The van der Waals surface area contributed by atoms with Crippen LogP contribution in [0.3, 0.4) is 0 Å². The fourth-order valence-electron chi connectivity index (χ4n) is 4.45. The Labute approximate surface area is 175 Å². The van der Waals surface area contributed by atoms with Gasteiger partial charge in [-0.15, -0.1) is 0 Å². The zero-order valence-corrected chi connectivity index (χ0v) is 17.2. The van der Waals surface area contributed by atoms with E-state index < -0.39 is 0 Å². The number of aromatic nitrogens is 4. The van der Waals surface area contributed by atoms with Gasteiger partial charge in [-0.05, 0) is 43.4 Å². The smallest absolute Gasteiger partial charge is 0.270 e. The number of rotatable bonds is 5. The van der Waals surface area contributed by atoms with Crippen molar-refractivity contribution < 1.29 is 4.79 Å². The number of likely N-dealkylation sites (N-methyl/N-ethyl adjacent to an activating group) is 1. The van der Waals surface area contributed by atoms with Crippen LogP contribution in [0.25, 0.3) is 11.0 Å². The quantitative estimate of drug-likeness (QED) is 0.678. The van der Waals surface area contributed by atoms with Crippen molar-refractivity contribution in [3.8, 4) is 0 Å². The fraction of sp³-hybridized carbons (Fsp3) is 0.455. The van der Waals surface area contributed by atoms with Gasteiger partial charge in [0.1, 0.15) is 11.3 Å². The Balaban J connectivity index is 1.20. The molecule has 1 saturated carbocycles. The lowest BCUT2D eigenvalue weighted by molar-refractivity contribution is 0.0751. The van der Waals surface area contributed by atoms with E-state index in [-0.39, 0.29) is 5.91 Å². The van der Waals surface area contributed by atoms with Crippen molar-refractivity contribution in [2.75, 3.05) is 18.9 Å². The number of anilines is 1. The Bertz CT molecular complexity index is 1040. The predicted molar refractivity (Wildman–Crippen MR) is 115 cm³/mol. The summed E-state index contributed by atoms with van der Waals surface area (Å²) in [7, 11) is 1.84. The molecule has 1 fully saturated rings. The lowest BCUT2D eigenvalue weighted by atomic mass is 9.91. The number of carbonyl (C=O) groups is 1. The molecule has 8 nitrogen and oxygen atoms in total. The molecule has 0 saturated heterocycles. The van der Waals surface area contributed by atoms with Gasteiger partial charge in [0, 0.05) is 62.7 Å². The molecule has 8 heteroatoms. The summed E-state index contributed by atoms with van der Waals surface area (Å²) < 4.78 is 2.02. The lowest BCUT2D eigenvalue weighted by Crippen LogP contribution is -2.37. The highest BCUT2D eigenvalue weighted by Gasteiger charge is 2.25. The van der Waals surface area contributed by atoms with Crippen molar-refractivity contribution in [3.63, 3.8) is 0 Å². The molecule has 30 heavy (non-hydrogen) atoms. The van der Waals surface area contributed by atoms with Gasteiger partial charge < -0.3 is 20.1 Å². The summed E-state index contributed by atoms with van der Waals surface area (Å²) >= 11 is 0. The molecule has 1 aliphatic carbocycles. The van der Waals surface area contributed by atoms with Gasteiger partial charge in [-0.1, -0.05) is 6.07 Å². The predicted octanol–water partition coefficient (Wildman–Crippen LogP) is 2.42. The second kappa shape index (κ2) is 8.02.